The summed E-state index contributed by atoms with van der Waals surface area (Å²) in [6.07, 6.45) is 1.88. The Morgan fingerprint density at radius 3 is 2.28 bits per heavy atom. The second kappa shape index (κ2) is 4.58. The summed E-state index contributed by atoms with van der Waals surface area (Å²) >= 11 is 0. The summed E-state index contributed by atoms with van der Waals surface area (Å²) < 4.78 is 1.84. The minimum absolute atomic E-state index is 0.185. The summed E-state index contributed by atoms with van der Waals surface area (Å²) in [7, 11) is 1.93. The summed E-state index contributed by atoms with van der Waals surface area (Å²) in [5, 5.41) is 4.27. The summed E-state index contributed by atoms with van der Waals surface area (Å²) in [5.41, 5.74) is 10.7. The van der Waals surface area contributed by atoms with Crippen LogP contribution in [0.1, 0.15) is 32.0 Å². The van der Waals surface area contributed by atoms with Crippen molar-refractivity contribution < 1.29 is 0 Å². The Morgan fingerprint density at radius 1 is 1.17 bits per heavy atom. The van der Waals surface area contributed by atoms with Crippen LogP contribution in [-0.4, -0.2) is 9.78 Å². The minimum Gasteiger partial charge on any atom is -0.325 e. The van der Waals surface area contributed by atoms with E-state index in [0.29, 0.717) is 6.54 Å². The van der Waals surface area contributed by atoms with Crippen molar-refractivity contribution in [2.75, 3.05) is 0 Å². The molecule has 0 radical (unpaired) electrons. The largest absolute Gasteiger partial charge is 0.325 e. The lowest BCUT2D eigenvalue weighted by molar-refractivity contribution is 0.590. The summed E-state index contributed by atoms with van der Waals surface area (Å²) in [4.78, 5) is 0. The first-order valence-electron chi connectivity index (χ1n) is 6.25. The Balaban J connectivity index is 2.40. The van der Waals surface area contributed by atoms with Crippen molar-refractivity contribution in [2.24, 2.45) is 12.8 Å². The van der Waals surface area contributed by atoms with E-state index >= 15 is 0 Å². The van der Waals surface area contributed by atoms with Gasteiger partial charge in [0.25, 0.3) is 0 Å². The predicted molar refractivity (Wildman–Crippen MR) is 75.2 cm³/mol. The fourth-order valence-electron chi connectivity index (χ4n) is 2.10. The highest BCUT2D eigenvalue weighted by Crippen LogP contribution is 2.27. The number of benzene rings is 1. The molecule has 0 atom stereocenters. The Morgan fingerprint density at radius 2 is 1.78 bits per heavy atom. The second-order valence-corrected chi connectivity index (χ2v) is 5.66. The maximum atomic E-state index is 5.77. The molecule has 3 nitrogen and oxygen atoms in total. The minimum atomic E-state index is 0.185. The van der Waals surface area contributed by atoms with Crippen molar-refractivity contribution in [1.82, 2.24) is 9.78 Å². The molecule has 0 saturated heterocycles. The molecule has 3 heteroatoms. The second-order valence-electron chi connectivity index (χ2n) is 5.66. The Kier molecular flexibility index (Phi) is 3.26. The SMILES string of the molecule is Cn1ncc(-c2ccc(C(C)(C)C)cc2)c1CN. The van der Waals surface area contributed by atoms with Crippen LogP contribution >= 0.6 is 0 Å². The van der Waals surface area contributed by atoms with Crippen LogP contribution in [0.2, 0.25) is 0 Å². The highest BCUT2D eigenvalue weighted by Gasteiger charge is 2.14. The molecule has 1 heterocycles. The van der Waals surface area contributed by atoms with Crippen LogP contribution in [0, 0.1) is 0 Å². The molecule has 0 bridgehead atoms. The molecule has 0 aliphatic rings. The average molecular weight is 243 g/mol. The molecule has 0 saturated carbocycles. The van der Waals surface area contributed by atoms with Gasteiger partial charge in [-0.05, 0) is 16.5 Å². The quantitative estimate of drug-likeness (QED) is 0.881. The molecule has 1 aromatic heterocycles. The summed E-state index contributed by atoms with van der Waals surface area (Å²) in [6, 6.07) is 8.67. The van der Waals surface area contributed by atoms with Crippen molar-refractivity contribution >= 4 is 0 Å². The van der Waals surface area contributed by atoms with Gasteiger partial charge in [-0.2, -0.15) is 5.10 Å². The molecule has 18 heavy (non-hydrogen) atoms. The molecule has 0 aliphatic carbocycles. The Hall–Kier alpha value is -1.61. The molecule has 96 valence electrons. The molecular formula is C15H21N3. The molecule has 0 unspecified atom stereocenters. The van der Waals surface area contributed by atoms with Crippen LogP contribution in [0.4, 0.5) is 0 Å². The third kappa shape index (κ3) is 2.31. The van der Waals surface area contributed by atoms with E-state index in [1.165, 1.54) is 11.1 Å². The van der Waals surface area contributed by atoms with Crippen molar-refractivity contribution in [3.63, 3.8) is 0 Å². The van der Waals surface area contributed by atoms with Crippen molar-refractivity contribution in [3.05, 3.63) is 41.7 Å². The van der Waals surface area contributed by atoms with Gasteiger partial charge in [0, 0.05) is 19.2 Å². The average Bonchev–Trinajstić information content (AvgIpc) is 2.69. The summed E-state index contributed by atoms with van der Waals surface area (Å²) in [6.45, 7) is 7.17. The fraction of sp³-hybridized carbons (Fsp3) is 0.400. The number of aromatic nitrogens is 2. The smallest absolute Gasteiger partial charge is 0.0594 e. The number of hydrogen-bond donors (Lipinski definition) is 1. The molecule has 1 aromatic carbocycles. The van der Waals surface area contributed by atoms with Crippen LogP contribution in [0.25, 0.3) is 11.1 Å². The van der Waals surface area contributed by atoms with Crippen LogP contribution in [0.3, 0.4) is 0 Å². The molecule has 0 amide bonds. The van der Waals surface area contributed by atoms with E-state index in [1.54, 1.807) is 0 Å². The van der Waals surface area contributed by atoms with Crippen molar-refractivity contribution in [1.29, 1.82) is 0 Å². The van der Waals surface area contributed by atoms with Gasteiger partial charge in [0.15, 0.2) is 0 Å². The van der Waals surface area contributed by atoms with Crippen LogP contribution in [0.5, 0.6) is 0 Å². The van der Waals surface area contributed by atoms with Gasteiger partial charge in [-0.1, -0.05) is 45.0 Å². The van der Waals surface area contributed by atoms with E-state index < -0.39 is 0 Å². The Labute approximate surface area is 109 Å². The van der Waals surface area contributed by atoms with Crippen molar-refractivity contribution in [3.8, 4) is 11.1 Å². The standard InChI is InChI=1S/C15H21N3/c1-15(2,3)12-7-5-11(6-8-12)13-10-17-18(4)14(13)9-16/h5-8,10H,9,16H2,1-4H3. The first-order chi connectivity index (χ1) is 8.43. The van der Waals surface area contributed by atoms with Gasteiger partial charge in [-0.25, -0.2) is 0 Å². The maximum absolute atomic E-state index is 5.77. The predicted octanol–water partition coefficient (Wildman–Crippen LogP) is 2.84. The highest BCUT2D eigenvalue weighted by molar-refractivity contribution is 5.65. The lowest BCUT2D eigenvalue weighted by atomic mass is 9.86. The van der Waals surface area contributed by atoms with E-state index in [9.17, 15) is 0 Å². The molecule has 2 N–H and O–H groups in total. The number of hydrogen-bond acceptors (Lipinski definition) is 2. The molecule has 2 aromatic rings. The zero-order chi connectivity index (χ0) is 13.3. The van der Waals surface area contributed by atoms with Crippen LogP contribution in [-0.2, 0) is 19.0 Å². The third-order valence-electron chi connectivity index (χ3n) is 3.32. The zero-order valence-electron chi connectivity index (χ0n) is 11.6. The summed E-state index contributed by atoms with van der Waals surface area (Å²) in [5.74, 6) is 0. The number of aryl methyl sites for hydroxylation is 1. The Bertz CT molecular complexity index is 530. The van der Waals surface area contributed by atoms with Gasteiger partial charge in [0.2, 0.25) is 0 Å². The van der Waals surface area contributed by atoms with Crippen molar-refractivity contribution in [2.45, 2.75) is 32.7 Å². The van der Waals surface area contributed by atoms with E-state index in [-0.39, 0.29) is 5.41 Å². The number of rotatable bonds is 2. The number of nitrogens with zero attached hydrogens (tertiary/aromatic N) is 2. The fourth-order valence-corrected chi connectivity index (χ4v) is 2.10. The monoisotopic (exact) mass is 243 g/mol. The van der Waals surface area contributed by atoms with Gasteiger partial charge >= 0.3 is 0 Å². The lowest BCUT2D eigenvalue weighted by Gasteiger charge is -2.19. The van der Waals surface area contributed by atoms with Gasteiger partial charge in [-0.15, -0.1) is 0 Å². The molecule has 0 fully saturated rings. The highest BCUT2D eigenvalue weighted by atomic mass is 15.3. The van der Waals surface area contributed by atoms with E-state index in [2.05, 4.69) is 50.1 Å². The van der Waals surface area contributed by atoms with Crippen LogP contribution in [0.15, 0.2) is 30.5 Å². The van der Waals surface area contributed by atoms with Gasteiger partial charge in [0.1, 0.15) is 0 Å². The maximum Gasteiger partial charge on any atom is 0.0594 e. The molecule has 0 spiro atoms. The normalized spacial score (nSPS) is 11.8. The van der Waals surface area contributed by atoms with Gasteiger partial charge in [0.05, 0.1) is 11.9 Å². The van der Waals surface area contributed by atoms with E-state index in [0.717, 1.165) is 11.3 Å². The van der Waals surface area contributed by atoms with Gasteiger partial charge < -0.3 is 5.73 Å². The topological polar surface area (TPSA) is 43.8 Å². The molecule has 0 aliphatic heterocycles. The van der Waals surface area contributed by atoms with E-state index in [4.69, 9.17) is 5.73 Å². The van der Waals surface area contributed by atoms with Crippen LogP contribution < -0.4 is 5.73 Å². The third-order valence-corrected chi connectivity index (χ3v) is 3.32. The molecular weight excluding hydrogens is 222 g/mol. The number of nitrogens with two attached hydrogens (primary N) is 1. The molecule has 2 rings (SSSR count). The first-order valence-corrected chi connectivity index (χ1v) is 6.25. The lowest BCUT2D eigenvalue weighted by Crippen LogP contribution is -2.10. The van der Waals surface area contributed by atoms with Gasteiger partial charge in [-0.3, -0.25) is 4.68 Å². The first kappa shape index (κ1) is 12.8. The zero-order valence-corrected chi connectivity index (χ0v) is 11.6. The van der Waals surface area contributed by atoms with E-state index in [1.807, 2.05) is 17.9 Å².